The second-order valence-electron chi connectivity index (χ2n) is 6.27. The van der Waals surface area contributed by atoms with Gasteiger partial charge in [0, 0.05) is 4.88 Å². The summed E-state index contributed by atoms with van der Waals surface area (Å²) in [6.07, 6.45) is 9.27. The molecule has 3 aromatic rings. The third kappa shape index (κ3) is 3.13. The topological polar surface area (TPSA) is 69.5 Å². The first-order valence-corrected chi connectivity index (χ1v) is 9.29. The smallest absolute Gasteiger partial charge is 0.260 e. The summed E-state index contributed by atoms with van der Waals surface area (Å²) in [5, 5.41) is 9.75. The Labute approximate surface area is 149 Å². The zero-order valence-electron chi connectivity index (χ0n) is 13.7. The molecule has 0 saturated heterocycles. The van der Waals surface area contributed by atoms with E-state index in [2.05, 4.69) is 16.0 Å². The van der Waals surface area contributed by atoms with E-state index in [0.717, 1.165) is 35.0 Å². The van der Waals surface area contributed by atoms with Gasteiger partial charge in [0.2, 0.25) is 0 Å². The molecule has 0 unspecified atom stereocenters. The van der Waals surface area contributed by atoms with Crippen molar-refractivity contribution in [1.82, 2.24) is 9.97 Å². The van der Waals surface area contributed by atoms with Gasteiger partial charge in [-0.2, -0.15) is 5.26 Å². The molecule has 0 aliphatic heterocycles. The Morgan fingerprint density at radius 3 is 2.96 bits per heavy atom. The summed E-state index contributed by atoms with van der Waals surface area (Å²) in [7, 11) is 0. The van der Waals surface area contributed by atoms with Crippen LogP contribution in [-0.4, -0.2) is 9.97 Å². The molecule has 25 heavy (non-hydrogen) atoms. The predicted molar refractivity (Wildman–Crippen MR) is 102 cm³/mol. The van der Waals surface area contributed by atoms with Crippen LogP contribution in [0.4, 0.5) is 0 Å². The lowest BCUT2D eigenvalue weighted by atomic mass is 10.1. The van der Waals surface area contributed by atoms with E-state index in [1.165, 1.54) is 23.3 Å². The van der Waals surface area contributed by atoms with E-state index in [1.54, 1.807) is 29.5 Å². The molecule has 0 fully saturated rings. The Morgan fingerprint density at radius 2 is 2.08 bits per heavy atom. The monoisotopic (exact) mass is 347 g/mol. The summed E-state index contributed by atoms with van der Waals surface area (Å²) >= 11 is 1.66. The lowest BCUT2D eigenvalue weighted by Gasteiger charge is -1.99. The molecule has 124 valence electrons. The number of fused-ring (bicyclic) bond motifs is 3. The highest BCUT2D eigenvalue weighted by Crippen LogP contribution is 2.32. The van der Waals surface area contributed by atoms with E-state index in [4.69, 9.17) is 5.26 Å². The standard InChI is InChI=1S/C20H17N3OS/c21-12-14-6-4-5-13(11-14)9-10-17-22-19(24)18-15-7-2-1-3-8-16(15)25-20(18)23-17/h4-6,9-11H,1-3,7-8H2,(H,22,23,24). The van der Waals surface area contributed by atoms with Gasteiger partial charge in [-0.3, -0.25) is 4.79 Å². The zero-order chi connectivity index (χ0) is 17.2. The van der Waals surface area contributed by atoms with Crippen LogP contribution in [0.3, 0.4) is 0 Å². The van der Waals surface area contributed by atoms with Gasteiger partial charge in [0.05, 0.1) is 17.0 Å². The van der Waals surface area contributed by atoms with E-state index >= 15 is 0 Å². The minimum atomic E-state index is -0.0465. The number of aryl methyl sites for hydroxylation is 2. The van der Waals surface area contributed by atoms with Gasteiger partial charge >= 0.3 is 0 Å². The largest absolute Gasteiger partial charge is 0.306 e. The average molecular weight is 347 g/mol. The molecule has 1 aromatic carbocycles. The van der Waals surface area contributed by atoms with Crippen molar-refractivity contribution in [2.24, 2.45) is 0 Å². The number of hydrogen-bond acceptors (Lipinski definition) is 4. The van der Waals surface area contributed by atoms with Crippen molar-refractivity contribution in [3.63, 3.8) is 0 Å². The molecule has 0 amide bonds. The maximum absolute atomic E-state index is 12.6. The highest BCUT2D eigenvalue weighted by atomic mass is 32.1. The fraction of sp³-hybridized carbons (Fsp3) is 0.250. The van der Waals surface area contributed by atoms with Crippen molar-refractivity contribution in [2.45, 2.75) is 32.1 Å². The Kier molecular flexibility index (Phi) is 4.21. The molecule has 4 nitrogen and oxygen atoms in total. The second-order valence-corrected chi connectivity index (χ2v) is 7.35. The molecule has 0 radical (unpaired) electrons. The van der Waals surface area contributed by atoms with Gasteiger partial charge in [-0.15, -0.1) is 11.3 Å². The molecular weight excluding hydrogens is 330 g/mol. The number of aromatic nitrogens is 2. The normalized spacial score (nSPS) is 14.4. The first-order chi connectivity index (χ1) is 12.2. The highest BCUT2D eigenvalue weighted by molar-refractivity contribution is 7.18. The number of H-pyrrole nitrogens is 1. The van der Waals surface area contributed by atoms with E-state index in [1.807, 2.05) is 18.2 Å². The van der Waals surface area contributed by atoms with Crippen LogP contribution in [0.2, 0.25) is 0 Å². The Balaban J connectivity index is 1.73. The van der Waals surface area contributed by atoms with Crippen LogP contribution in [0.15, 0.2) is 29.1 Å². The number of nitriles is 1. The summed E-state index contributed by atoms with van der Waals surface area (Å²) in [6.45, 7) is 0. The molecule has 0 spiro atoms. The SMILES string of the molecule is N#Cc1cccc(C=Cc2nc3sc4c(c3c(=O)[nH]2)CCCCC4)c1. The molecule has 1 aliphatic carbocycles. The summed E-state index contributed by atoms with van der Waals surface area (Å²) < 4.78 is 0. The molecule has 4 rings (SSSR count). The molecule has 2 heterocycles. The molecule has 1 aliphatic rings. The van der Waals surface area contributed by atoms with Crippen LogP contribution < -0.4 is 5.56 Å². The maximum atomic E-state index is 12.6. The molecule has 1 N–H and O–H groups in total. The molecule has 2 aromatic heterocycles. The first-order valence-electron chi connectivity index (χ1n) is 8.47. The van der Waals surface area contributed by atoms with Gasteiger partial charge in [-0.25, -0.2) is 4.98 Å². The van der Waals surface area contributed by atoms with E-state index < -0.39 is 0 Å². The van der Waals surface area contributed by atoms with Crippen LogP contribution in [0, 0.1) is 11.3 Å². The number of rotatable bonds is 2. The highest BCUT2D eigenvalue weighted by Gasteiger charge is 2.18. The van der Waals surface area contributed by atoms with Crippen LogP contribution in [0.25, 0.3) is 22.4 Å². The van der Waals surface area contributed by atoms with Crippen molar-refractivity contribution in [2.75, 3.05) is 0 Å². The van der Waals surface area contributed by atoms with Crippen molar-refractivity contribution >= 4 is 33.7 Å². The molecule has 0 atom stereocenters. The third-order valence-corrected chi connectivity index (χ3v) is 5.73. The Morgan fingerprint density at radius 1 is 1.20 bits per heavy atom. The molecule has 0 saturated carbocycles. The number of hydrogen-bond donors (Lipinski definition) is 1. The van der Waals surface area contributed by atoms with Gasteiger partial charge in [0.25, 0.3) is 5.56 Å². The van der Waals surface area contributed by atoms with E-state index in [-0.39, 0.29) is 5.56 Å². The zero-order valence-corrected chi connectivity index (χ0v) is 14.5. The molecular formula is C20H17N3OS. The van der Waals surface area contributed by atoms with Crippen molar-refractivity contribution < 1.29 is 0 Å². The minimum absolute atomic E-state index is 0.0465. The van der Waals surface area contributed by atoms with Gasteiger partial charge in [-0.1, -0.05) is 24.6 Å². The van der Waals surface area contributed by atoms with Crippen molar-refractivity contribution in [1.29, 1.82) is 5.26 Å². The van der Waals surface area contributed by atoms with Crippen LogP contribution >= 0.6 is 11.3 Å². The van der Waals surface area contributed by atoms with Gasteiger partial charge in [0.1, 0.15) is 10.7 Å². The number of nitrogens with zero attached hydrogens (tertiary/aromatic N) is 2. The van der Waals surface area contributed by atoms with Gasteiger partial charge in [0.15, 0.2) is 0 Å². The van der Waals surface area contributed by atoms with Crippen LogP contribution in [0.5, 0.6) is 0 Å². The van der Waals surface area contributed by atoms with Gasteiger partial charge < -0.3 is 4.98 Å². The Hall–Kier alpha value is -2.71. The quantitative estimate of drug-likeness (QED) is 0.703. The number of benzene rings is 1. The lowest BCUT2D eigenvalue weighted by Crippen LogP contribution is -2.10. The van der Waals surface area contributed by atoms with Crippen molar-refractivity contribution in [3.8, 4) is 6.07 Å². The van der Waals surface area contributed by atoms with E-state index in [0.29, 0.717) is 11.4 Å². The number of aromatic amines is 1. The predicted octanol–water partition coefficient (Wildman–Crippen LogP) is 4.30. The third-order valence-electron chi connectivity index (χ3n) is 4.54. The number of nitrogens with one attached hydrogen (secondary N) is 1. The number of thiophene rings is 1. The minimum Gasteiger partial charge on any atom is -0.306 e. The van der Waals surface area contributed by atoms with Gasteiger partial charge in [-0.05, 0) is 55.0 Å². The Bertz CT molecular complexity index is 1070. The van der Waals surface area contributed by atoms with Crippen molar-refractivity contribution in [3.05, 3.63) is 62.0 Å². The summed E-state index contributed by atoms with van der Waals surface area (Å²) in [6, 6.07) is 9.46. The van der Waals surface area contributed by atoms with Crippen LogP contribution in [-0.2, 0) is 12.8 Å². The molecule has 0 bridgehead atoms. The summed E-state index contributed by atoms with van der Waals surface area (Å²) in [5.41, 5.74) is 2.68. The van der Waals surface area contributed by atoms with E-state index in [9.17, 15) is 4.79 Å². The first kappa shape index (κ1) is 15.8. The second kappa shape index (κ2) is 6.66. The molecule has 5 heteroatoms. The fourth-order valence-corrected chi connectivity index (χ4v) is 4.59. The average Bonchev–Trinajstić information content (AvgIpc) is 2.82. The lowest BCUT2D eigenvalue weighted by molar-refractivity contribution is 0.713. The maximum Gasteiger partial charge on any atom is 0.260 e. The van der Waals surface area contributed by atoms with Crippen LogP contribution in [0.1, 0.15) is 46.7 Å². The fourth-order valence-electron chi connectivity index (χ4n) is 3.32. The summed E-state index contributed by atoms with van der Waals surface area (Å²) in [5.74, 6) is 0.552. The summed E-state index contributed by atoms with van der Waals surface area (Å²) in [4.78, 5) is 22.3.